The lowest BCUT2D eigenvalue weighted by atomic mass is 10.3. The Balaban J connectivity index is 1.48. The second kappa shape index (κ2) is 8.22. The first-order chi connectivity index (χ1) is 14.5. The molecule has 0 radical (unpaired) electrons. The lowest BCUT2D eigenvalue weighted by Gasteiger charge is -2.04. The molecule has 2 heterocycles. The lowest BCUT2D eigenvalue weighted by molar-refractivity contribution is 0.0944. The lowest BCUT2D eigenvalue weighted by Crippen LogP contribution is -2.23. The Bertz CT molecular complexity index is 1200. The zero-order chi connectivity index (χ0) is 21.1. The van der Waals surface area contributed by atoms with Crippen LogP contribution in [0.1, 0.15) is 26.5 Å². The van der Waals surface area contributed by atoms with Gasteiger partial charge in [-0.2, -0.15) is 10.2 Å². The number of nitrogens with zero attached hydrogens (tertiary/aromatic N) is 4. The van der Waals surface area contributed by atoms with Gasteiger partial charge < -0.3 is 11.1 Å². The Hall–Kier alpha value is -3.91. The average Bonchev–Trinajstić information content (AvgIpc) is 3.41. The number of nitrogens with two attached hydrogens (primary N) is 1. The van der Waals surface area contributed by atoms with E-state index in [9.17, 15) is 9.59 Å². The number of hydrogen-bond donors (Lipinski definition) is 2. The highest BCUT2D eigenvalue weighted by Gasteiger charge is 2.18. The molecule has 0 aliphatic carbocycles. The molecule has 4 aromatic rings. The molecule has 3 N–H and O–H groups in total. The van der Waals surface area contributed by atoms with Gasteiger partial charge in [0.05, 0.1) is 17.6 Å². The van der Waals surface area contributed by atoms with Gasteiger partial charge in [-0.05, 0) is 36.4 Å². The van der Waals surface area contributed by atoms with Gasteiger partial charge in [0.15, 0.2) is 5.69 Å². The normalized spacial score (nSPS) is 10.7. The van der Waals surface area contributed by atoms with Gasteiger partial charge in [0.2, 0.25) is 0 Å². The van der Waals surface area contributed by atoms with Gasteiger partial charge in [0.1, 0.15) is 5.69 Å². The van der Waals surface area contributed by atoms with E-state index in [0.29, 0.717) is 10.7 Å². The highest BCUT2D eigenvalue weighted by molar-refractivity contribution is 6.30. The van der Waals surface area contributed by atoms with Crippen molar-refractivity contribution in [3.8, 4) is 11.4 Å². The van der Waals surface area contributed by atoms with E-state index in [1.165, 1.54) is 10.7 Å². The van der Waals surface area contributed by atoms with Gasteiger partial charge in [-0.3, -0.25) is 9.59 Å². The van der Waals surface area contributed by atoms with Crippen molar-refractivity contribution in [1.29, 1.82) is 0 Å². The smallest absolute Gasteiger partial charge is 0.272 e. The van der Waals surface area contributed by atoms with Gasteiger partial charge in [-0.15, -0.1) is 0 Å². The summed E-state index contributed by atoms with van der Waals surface area (Å²) in [4.78, 5) is 24.4. The standard InChI is InChI=1S/C21H17ClN6O2/c22-15-6-8-16(9-7-15)27-13-14(12-25-27)11-24-21(30)18-10-19(20(23)29)28(26-18)17-4-2-1-3-5-17/h1-10,12-13H,11H2,(H2,23,29)(H,24,30). The first-order valence-corrected chi connectivity index (χ1v) is 9.42. The van der Waals surface area contributed by atoms with E-state index in [0.717, 1.165) is 11.3 Å². The van der Waals surface area contributed by atoms with Crippen LogP contribution in [-0.4, -0.2) is 31.4 Å². The van der Waals surface area contributed by atoms with Crippen molar-refractivity contribution in [2.45, 2.75) is 6.54 Å². The van der Waals surface area contributed by atoms with E-state index in [-0.39, 0.29) is 17.9 Å². The quantitative estimate of drug-likeness (QED) is 0.500. The van der Waals surface area contributed by atoms with Crippen molar-refractivity contribution in [1.82, 2.24) is 24.9 Å². The fourth-order valence-electron chi connectivity index (χ4n) is 2.89. The van der Waals surface area contributed by atoms with Gasteiger partial charge >= 0.3 is 0 Å². The van der Waals surface area contributed by atoms with E-state index < -0.39 is 11.8 Å². The van der Waals surface area contributed by atoms with Crippen molar-refractivity contribution in [2.24, 2.45) is 5.73 Å². The first-order valence-electron chi connectivity index (χ1n) is 9.04. The largest absolute Gasteiger partial charge is 0.364 e. The van der Waals surface area contributed by atoms with Gasteiger partial charge in [-0.1, -0.05) is 29.8 Å². The van der Waals surface area contributed by atoms with Crippen LogP contribution in [0.15, 0.2) is 73.1 Å². The monoisotopic (exact) mass is 420 g/mol. The number of amides is 2. The molecule has 9 heteroatoms. The zero-order valence-corrected chi connectivity index (χ0v) is 16.5. The predicted octanol–water partition coefficient (Wildman–Crippen LogP) is 2.74. The third-order valence-electron chi connectivity index (χ3n) is 4.38. The Labute approximate surface area is 176 Å². The van der Waals surface area contributed by atoms with Gasteiger partial charge in [0, 0.05) is 29.4 Å². The van der Waals surface area contributed by atoms with E-state index in [4.69, 9.17) is 17.3 Å². The molecular formula is C21H17ClN6O2. The molecule has 0 bridgehead atoms. The number of halogens is 1. The Morgan fingerprint density at radius 3 is 2.47 bits per heavy atom. The van der Waals surface area contributed by atoms with Crippen LogP contribution in [0.5, 0.6) is 0 Å². The number of rotatable bonds is 6. The van der Waals surface area contributed by atoms with Crippen LogP contribution in [0, 0.1) is 0 Å². The average molecular weight is 421 g/mol. The van der Waals surface area contributed by atoms with Crippen LogP contribution in [0.2, 0.25) is 5.02 Å². The van der Waals surface area contributed by atoms with Crippen molar-refractivity contribution in [3.05, 3.63) is 95.0 Å². The molecule has 2 aromatic carbocycles. The van der Waals surface area contributed by atoms with E-state index in [1.807, 2.05) is 18.2 Å². The van der Waals surface area contributed by atoms with E-state index in [2.05, 4.69) is 15.5 Å². The molecule has 150 valence electrons. The minimum absolute atomic E-state index is 0.0951. The predicted molar refractivity (Wildman–Crippen MR) is 112 cm³/mol. The van der Waals surface area contributed by atoms with Crippen molar-refractivity contribution >= 4 is 23.4 Å². The van der Waals surface area contributed by atoms with Crippen LogP contribution in [0.3, 0.4) is 0 Å². The molecule has 30 heavy (non-hydrogen) atoms. The molecule has 0 saturated heterocycles. The number of aromatic nitrogens is 4. The molecule has 8 nitrogen and oxygen atoms in total. The number of nitrogens with one attached hydrogen (secondary N) is 1. The molecule has 0 atom stereocenters. The fourth-order valence-corrected chi connectivity index (χ4v) is 3.02. The van der Waals surface area contributed by atoms with Crippen LogP contribution in [-0.2, 0) is 6.54 Å². The van der Waals surface area contributed by atoms with Gasteiger partial charge in [-0.25, -0.2) is 9.36 Å². The van der Waals surface area contributed by atoms with Crippen LogP contribution < -0.4 is 11.1 Å². The summed E-state index contributed by atoms with van der Waals surface area (Å²) in [6, 6.07) is 17.6. The highest BCUT2D eigenvalue weighted by Crippen LogP contribution is 2.14. The summed E-state index contributed by atoms with van der Waals surface area (Å²) in [5.41, 5.74) is 7.96. The van der Waals surface area contributed by atoms with Crippen LogP contribution >= 0.6 is 11.6 Å². The minimum atomic E-state index is -0.672. The first kappa shape index (κ1) is 19.4. The summed E-state index contributed by atoms with van der Waals surface area (Å²) >= 11 is 5.90. The maximum atomic E-state index is 12.6. The van der Waals surface area contributed by atoms with Crippen LogP contribution in [0.25, 0.3) is 11.4 Å². The molecule has 0 aliphatic heterocycles. The van der Waals surface area contributed by atoms with Crippen molar-refractivity contribution in [2.75, 3.05) is 0 Å². The topological polar surface area (TPSA) is 108 Å². The summed E-state index contributed by atoms with van der Waals surface area (Å²) in [7, 11) is 0. The highest BCUT2D eigenvalue weighted by atomic mass is 35.5. The number of benzene rings is 2. The second-order valence-corrected chi connectivity index (χ2v) is 6.92. The second-order valence-electron chi connectivity index (χ2n) is 6.48. The van der Waals surface area contributed by atoms with Crippen molar-refractivity contribution in [3.63, 3.8) is 0 Å². The summed E-state index contributed by atoms with van der Waals surface area (Å²) in [6.45, 7) is 0.247. The van der Waals surface area contributed by atoms with E-state index >= 15 is 0 Å². The number of primary amides is 1. The Morgan fingerprint density at radius 2 is 1.77 bits per heavy atom. The zero-order valence-electron chi connectivity index (χ0n) is 15.7. The third kappa shape index (κ3) is 4.08. The minimum Gasteiger partial charge on any atom is -0.364 e. The Morgan fingerprint density at radius 1 is 1.03 bits per heavy atom. The third-order valence-corrected chi connectivity index (χ3v) is 4.63. The molecule has 4 rings (SSSR count). The summed E-state index contributed by atoms with van der Waals surface area (Å²) in [6.07, 6.45) is 3.47. The number of carbonyl (C=O) groups excluding carboxylic acids is 2. The Kier molecular flexibility index (Phi) is 5.32. The summed E-state index contributed by atoms with van der Waals surface area (Å²) in [5.74, 6) is -1.10. The molecule has 0 aliphatic rings. The molecule has 0 spiro atoms. The molecule has 0 fully saturated rings. The maximum absolute atomic E-state index is 12.6. The molecule has 0 unspecified atom stereocenters. The number of hydrogen-bond acceptors (Lipinski definition) is 4. The number of carbonyl (C=O) groups is 2. The summed E-state index contributed by atoms with van der Waals surface area (Å²) in [5, 5.41) is 12.0. The van der Waals surface area contributed by atoms with Crippen LogP contribution in [0.4, 0.5) is 0 Å². The van der Waals surface area contributed by atoms with Gasteiger partial charge in [0.25, 0.3) is 11.8 Å². The summed E-state index contributed by atoms with van der Waals surface area (Å²) < 4.78 is 3.04. The molecule has 2 amide bonds. The molecule has 0 saturated carbocycles. The maximum Gasteiger partial charge on any atom is 0.272 e. The molecular weight excluding hydrogens is 404 g/mol. The van der Waals surface area contributed by atoms with E-state index in [1.54, 1.807) is 53.5 Å². The fraction of sp³-hybridized carbons (Fsp3) is 0.0476. The van der Waals surface area contributed by atoms with Crippen molar-refractivity contribution < 1.29 is 9.59 Å². The molecule has 2 aromatic heterocycles. The number of para-hydroxylation sites is 1. The SMILES string of the molecule is NC(=O)c1cc(C(=O)NCc2cnn(-c3ccc(Cl)cc3)c2)nn1-c1ccccc1.